The zero-order valence-electron chi connectivity index (χ0n) is 19.9. The zero-order chi connectivity index (χ0) is 21.8. The van der Waals surface area contributed by atoms with Gasteiger partial charge in [-0.3, -0.25) is 0 Å². The number of benzene rings is 1. The molecule has 2 aromatic rings. The summed E-state index contributed by atoms with van der Waals surface area (Å²) in [5.41, 5.74) is 3.67. The molecule has 0 radical (unpaired) electrons. The van der Waals surface area contributed by atoms with Crippen LogP contribution in [0, 0.1) is 0 Å². The Morgan fingerprint density at radius 2 is 1.60 bits per heavy atom. The van der Waals surface area contributed by atoms with E-state index < -0.39 is 0 Å². The first kappa shape index (κ1) is 24.4. The second kappa shape index (κ2) is 13.5. The fourth-order valence-electron chi connectivity index (χ4n) is 4.14. The number of nitrogens with zero attached hydrogens (tertiary/aromatic N) is 3. The van der Waals surface area contributed by atoms with Crippen LogP contribution in [-0.2, 0) is 18.3 Å². The molecule has 0 atom stereocenters. The van der Waals surface area contributed by atoms with E-state index >= 15 is 0 Å². The van der Waals surface area contributed by atoms with Crippen LogP contribution in [0.1, 0.15) is 97.2 Å². The largest absolute Gasteiger partial charge is 0.371 e. The summed E-state index contributed by atoms with van der Waals surface area (Å²) in [6, 6.07) is 6.83. The van der Waals surface area contributed by atoms with E-state index in [4.69, 9.17) is 4.98 Å². The summed E-state index contributed by atoms with van der Waals surface area (Å²) in [5.74, 6) is 1.48. The number of ketones is 1. The monoisotopic (exact) mass is 413 g/mol. The Hall–Kier alpha value is -1.84. The molecular formula is C26H43N3O. The van der Waals surface area contributed by atoms with E-state index in [1.54, 1.807) is 6.92 Å². The molecule has 168 valence electrons. The standard InChI is InChI=1S/C26H43N3O/c1-5-7-13-19-29(20-14-8-6-2)23-17-18-25-24(21-23)27-26(28(25)4)16-12-10-9-11-15-22(3)30/h17-18,21H,5-16,19-20H2,1-4H3. The van der Waals surface area contributed by atoms with Crippen molar-refractivity contribution in [3.05, 3.63) is 24.0 Å². The molecule has 0 amide bonds. The van der Waals surface area contributed by atoms with Crippen molar-refractivity contribution >= 4 is 22.5 Å². The van der Waals surface area contributed by atoms with Gasteiger partial charge in [-0.1, -0.05) is 52.4 Å². The van der Waals surface area contributed by atoms with Gasteiger partial charge in [0.1, 0.15) is 11.6 Å². The van der Waals surface area contributed by atoms with E-state index in [1.165, 1.54) is 62.0 Å². The van der Waals surface area contributed by atoms with Gasteiger partial charge in [0.15, 0.2) is 0 Å². The first-order chi connectivity index (χ1) is 14.6. The summed E-state index contributed by atoms with van der Waals surface area (Å²) < 4.78 is 2.26. The van der Waals surface area contributed by atoms with Crippen molar-refractivity contribution in [1.82, 2.24) is 9.55 Å². The zero-order valence-corrected chi connectivity index (χ0v) is 19.9. The summed E-state index contributed by atoms with van der Waals surface area (Å²) >= 11 is 0. The highest BCUT2D eigenvalue weighted by atomic mass is 16.1. The maximum absolute atomic E-state index is 11.0. The van der Waals surface area contributed by atoms with Crippen molar-refractivity contribution in [1.29, 1.82) is 0 Å². The first-order valence-electron chi connectivity index (χ1n) is 12.3. The van der Waals surface area contributed by atoms with Gasteiger partial charge in [-0.05, 0) is 50.8 Å². The Balaban J connectivity index is 2.01. The molecule has 1 aromatic heterocycles. The number of hydrogen-bond donors (Lipinski definition) is 0. The van der Waals surface area contributed by atoms with E-state index in [1.807, 2.05) is 0 Å². The van der Waals surface area contributed by atoms with E-state index in [-0.39, 0.29) is 0 Å². The van der Waals surface area contributed by atoms with Crippen LogP contribution < -0.4 is 4.90 Å². The van der Waals surface area contributed by atoms with Crippen molar-refractivity contribution in [3.63, 3.8) is 0 Å². The Kier molecular flexibility index (Phi) is 11.0. The van der Waals surface area contributed by atoms with Gasteiger partial charge in [0.2, 0.25) is 0 Å². The third-order valence-electron chi connectivity index (χ3n) is 6.06. The second-order valence-electron chi connectivity index (χ2n) is 8.78. The molecule has 0 fully saturated rings. The average molecular weight is 414 g/mol. The third kappa shape index (κ3) is 7.77. The fraction of sp³-hybridized carbons (Fsp3) is 0.692. The minimum atomic E-state index is 0.305. The van der Waals surface area contributed by atoms with Crippen LogP contribution in [-0.4, -0.2) is 28.4 Å². The smallest absolute Gasteiger partial charge is 0.129 e. The SMILES string of the molecule is CCCCCN(CCCCC)c1ccc2c(c1)nc(CCCCCCC(C)=O)n2C. The van der Waals surface area contributed by atoms with Gasteiger partial charge >= 0.3 is 0 Å². The molecule has 0 bridgehead atoms. The molecule has 1 aromatic carbocycles. The van der Waals surface area contributed by atoms with Crippen LogP contribution in [0.15, 0.2) is 18.2 Å². The molecule has 0 aliphatic rings. The molecule has 0 saturated carbocycles. The van der Waals surface area contributed by atoms with E-state index in [2.05, 4.69) is 48.6 Å². The topological polar surface area (TPSA) is 38.1 Å². The van der Waals surface area contributed by atoms with Crippen LogP contribution in [0.25, 0.3) is 11.0 Å². The maximum atomic E-state index is 11.0. The summed E-state index contributed by atoms with van der Waals surface area (Å²) in [7, 11) is 2.14. The van der Waals surface area contributed by atoms with Gasteiger partial charge in [0, 0.05) is 38.7 Å². The van der Waals surface area contributed by atoms with E-state index in [0.717, 1.165) is 50.7 Å². The Morgan fingerprint density at radius 3 is 2.23 bits per heavy atom. The molecule has 2 rings (SSSR count). The quantitative estimate of drug-likeness (QED) is 0.283. The molecule has 4 nitrogen and oxygen atoms in total. The molecular weight excluding hydrogens is 370 g/mol. The van der Waals surface area contributed by atoms with Crippen LogP contribution in [0.2, 0.25) is 0 Å². The average Bonchev–Trinajstić information content (AvgIpc) is 3.04. The summed E-state index contributed by atoms with van der Waals surface area (Å²) in [5, 5.41) is 0. The number of aryl methyl sites for hydroxylation is 2. The maximum Gasteiger partial charge on any atom is 0.129 e. The number of anilines is 1. The number of hydrogen-bond acceptors (Lipinski definition) is 3. The van der Waals surface area contributed by atoms with Crippen molar-refractivity contribution in [2.24, 2.45) is 7.05 Å². The molecule has 30 heavy (non-hydrogen) atoms. The van der Waals surface area contributed by atoms with E-state index in [0.29, 0.717) is 5.78 Å². The predicted molar refractivity (Wildman–Crippen MR) is 129 cm³/mol. The van der Waals surface area contributed by atoms with Crippen molar-refractivity contribution < 1.29 is 4.79 Å². The van der Waals surface area contributed by atoms with Gasteiger partial charge < -0.3 is 14.3 Å². The molecule has 0 spiro atoms. The van der Waals surface area contributed by atoms with Crippen LogP contribution in [0.3, 0.4) is 0 Å². The highest BCUT2D eigenvalue weighted by Gasteiger charge is 2.12. The minimum absolute atomic E-state index is 0.305. The molecule has 1 heterocycles. The normalized spacial score (nSPS) is 11.3. The molecule has 0 N–H and O–H groups in total. The highest BCUT2D eigenvalue weighted by Crippen LogP contribution is 2.24. The second-order valence-corrected chi connectivity index (χ2v) is 8.78. The highest BCUT2D eigenvalue weighted by molar-refractivity contribution is 5.80. The molecule has 0 aliphatic heterocycles. The molecule has 0 saturated heterocycles. The molecule has 0 unspecified atom stereocenters. The summed E-state index contributed by atoms with van der Waals surface area (Å²) in [6.45, 7) is 8.51. The Morgan fingerprint density at radius 1 is 0.933 bits per heavy atom. The number of imidazole rings is 1. The Bertz CT molecular complexity index is 755. The summed E-state index contributed by atoms with van der Waals surface area (Å²) in [6.07, 6.45) is 13.9. The third-order valence-corrected chi connectivity index (χ3v) is 6.06. The van der Waals surface area contributed by atoms with Gasteiger partial charge in [-0.2, -0.15) is 0 Å². The van der Waals surface area contributed by atoms with E-state index in [9.17, 15) is 4.79 Å². The predicted octanol–water partition coefficient (Wildman–Crippen LogP) is 6.84. The Labute approximate surface area is 184 Å². The van der Waals surface area contributed by atoms with Crippen molar-refractivity contribution in [3.8, 4) is 0 Å². The number of carbonyl (C=O) groups is 1. The minimum Gasteiger partial charge on any atom is -0.371 e. The van der Waals surface area contributed by atoms with Crippen LogP contribution in [0.5, 0.6) is 0 Å². The lowest BCUT2D eigenvalue weighted by molar-refractivity contribution is -0.117. The number of unbranched alkanes of at least 4 members (excludes halogenated alkanes) is 7. The number of Topliss-reactive ketones (excluding diaryl/α,β-unsaturated/α-hetero) is 1. The van der Waals surface area contributed by atoms with Gasteiger partial charge in [0.25, 0.3) is 0 Å². The number of fused-ring (bicyclic) bond motifs is 1. The lowest BCUT2D eigenvalue weighted by Gasteiger charge is -2.25. The number of aromatic nitrogens is 2. The number of rotatable bonds is 16. The molecule has 0 aliphatic carbocycles. The van der Waals surface area contributed by atoms with Crippen molar-refractivity contribution in [2.45, 2.75) is 97.8 Å². The lowest BCUT2D eigenvalue weighted by Crippen LogP contribution is -2.25. The van der Waals surface area contributed by atoms with Crippen molar-refractivity contribution in [2.75, 3.05) is 18.0 Å². The fourth-order valence-corrected chi connectivity index (χ4v) is 4.14. The van der Waals surface area contributed by atoms with Crippen LogP contribution in [0.4, 0.5) is 5.69 Å². The van der Waals surface area contributed by atoms with Crippen LogP contribution >= 0.6 is 0 Å². The number of carbonyl (C=O) groups excluding carboxylic acids is 1. The lowest BCUT2D eigenvalue weighted by atomic mass is 10.1. The van der Waals surface area contributed by atoms with Gasteiger partial charge in [0.05, 0.1) is 11.0 Å². The molecule has 4 heteroatoms. The first-order valence-corrected chi connectivity index (χ1v) is 12.3. The van der Waals surface area contributed by atoms with Gasteiger partial charge in [-0.15, -0.1) is 0 Å². The van der Waals surface area contributed by atoms with Gasteiger partial charge in [-0.25, -0.2) is 4.98 Å². The summed E-state index contributed by atoms with van der Waals surface area (Å²) in [4.78, 5) is 18.6.